The third-order valence-electron chi connectivity index (χ3n) is 3.31. The molecule has 1 aromatic carbocycles. The van der Waals surface area contributed by atoms with Gasteiger partial charge in [-0.05, 0) is 32.3 Å². The van der Waals surface area contributed by atoms with Crippen LogP contribution in [0.1, 0.15) is 46.6 Å². The summed E-state index contributed by atoms with van der Waals surface area (Å²) in [4.78, 5) is 17.2. The van der Waals surface area contributed by atoms with Crippen molar-refractivity contribution >= 4 is 12.3 Å². The van der Waals surface area contributed by atoms with Gasteiger partial charge in [-0.15, -0.1) is 0 Å². The minimum Gasteiger partial charge on any atom is -0.444 e. The Morgan fingerprint density at radius 2 is 1.96 bits per heavy atom. The first kappa shape index (κ1) is 19.0. The van der Waals surface area contributed by atoms with Gasteiger partial charge in [0, 0.05) is 0 Å². The summed E-state index contributed by atoms with van der Waals surface area (Å²) in [5.41, 5.74) is 0.523. The maximum Gasteiger partial charge on any atom is 0.408 e. The summed E-state index contributed by atoms with van der Waals surface area (Å²) in [5, 5.41) is 6.82. The predicted octanol–water partition coefficient (Wildman–Crippen LogP) is 4.13. The third-order valence-corrected chi connectivity index (χ3v) is 3.31. The van der Waals surface area contributed by atoms with Gasteiger partial charge in [0.25, 0.3) is 0 Å². The van der Waals surface area contributed by atoms with E-state index in [-0.39, 0.29) is 12.0 Å². The normalized spacial score (nSPS) is 14.3. The van der Waals surface area contributed by atoms with E-state index in [4.69, 9.17) is 9.57 Å². The van der Waals surface area contributed by atoms with Gasteiger partial charge in [-0.1, -0.05) is 55.8 Å². The Morgan fingerprint density at radius 1 is 1.30 bits per heavy atom. The van der Waals surface area contributed by atoms with Crippen molar-refractivity contribution in [2.75, 3.05) is 0 Å². The molecular formula is C18H28N2O3. The minimum absolute atomic E-state index is 0.228. The molecule has 0 fully saturated rings. The Kier molecular flexibility index (Phi) is 7.59. The molecule has 1 N–H and O–H groups in total. The molecule has 0 spiro atoms. The number of alkyl carbamates (subject to hydrolysis) is 1. The van der Waals surface area contributed by atoms with E-state index in [0.29, 0.717) is 6.61 Å². The van der Waals surface area contributed by atoms with Gasteiger partial charge in [0.1, 0.15) is 12.2 Å². The number of benzene rings is 1. The van der Waals surface area contributed by atoms with Crippen molar-refractivity contribution < 1.29 is 14.4 Å². The van der Waals surface area contributed by atoms with E-state index in [0.717, 1.165) is 12.0 Å². The number of carbonyl (C=O) groups is 1. The standard InChI is InChI=1S/C18H28N2O3/c1-6-14(2)16(20-17(21)23-18(3,4)5)12-19-22-13-15-10-8-7-9-11-15/h7-12,14,16H,6,13H2,1-5H3,(H,20,21)/t14-,16+/m0/s1. The van der Waals surface area contributed by atoms with Crippen molar-refractivity contribution in [3.63, 3.8) is 0 Å². The van der Waals surface area contributed by atoms with Crippen LogP contribution in [0, 0.1) is 5.92 Å². The van der Waals surface area contributed by atoms with Crippen molar-refractivity contribution in [3.8, 4) is 0 Å². The lowest BCUT2D eigenvalue weighted by Crippen LogP contribution is -2.43. The SMILES string of the molecule is CC[C@H](C)[C@@H](C=NOCc1ccccc1)NC(=O)OC(C)(C)C. The number of nitrogens with zero attached hydrogens (tertiary/aromatic N) is 1. The summed E-state index contributed by atoms with van der Waals surface area (Å²) < 4.78 is 5.29. The summed E-state index contributed by atoms with van der Waals surface area (Å²) in [5.74, 6) is 0.228. The summed E-state index contributed by atoms with van der Waals surface area (Å²) in [6.45, 7) is 10.0. The molecule has 1 rings (SSSR count). The molecule has 0 radical (unpaired) electrons. The Hall–Kier alpha value is -2.04. The molecule has 5 nitrogen and oxygen atoms in total. The number of hydrogen-bond acceptors (Lipinski definition) is 4. The number of oxime groups is 1. The minimum atomic E-state index is -0.523. The zero-order valence-corrected chi connectivity index (χ0v) is 14.7. The summed E-state index contributed by atoms with van der Waals surface area (Å²) in [7, 11) is 0. The van der Waals surface area contributed by atoms with Crippen LogP contribution in [0.4, 0.5) is 4.79 Å². The molecule has 0 aliphatic carbocycles. The molecule has 0 aliphatic rings. The fourth-order valence-corrected chi connectivity index (χ4v) is 1.82. The van der Waals surface area contributed by atoms with Gasteiger partial charge >= 0.3 is 6.09 Å². The molecule has 128 valence electrons. The van der Waals surface area contributed by atoms with E-state index in [2.05, 4.69) is 17.4 Å². The highest BCUT2D eigenvalue weighted by molar-refractivity contribution is 5.75. The average molecular weight is 320 g/mol. The molecule has 5 heteroatoms. The smallest absolute Gasteiger partial charge is 0.408 e. The second kappa shape index (κ2) is 9.18. The maximum atomic E-state index is 11.9. The number of rotatable bonds is 7. The van der Waals surface area contributed by atoms with Crippen molar-refractivity contribution in [2.24, 2.45) is 11.1 Å². The van der Waals surface area contributed by atoms with Gasteiger partial charge in [0.05, 0.1) is 12.3 Å². The Balaban J connectivity index is 2.53. The Morgan fingerprint density at radius 3 is 2.52 bits per heavy atom. The van der Waals surface area contributed by atoms with Crippen LogP contribution < -0.4 is 5.32 Å². The molecule has 0 bridgehead atoms. The van der Waals surface area contributed by atoms with Crippen LogP contribution >= 0.6 is 0 Å². The monoisotopic (exact) mass is 320 g/mol. The van der Waals surface area contributed by atoms with Crippen LogP contribution in [0.15, 0.2) is 35.5 Å². The van der Waals surface area contributed by atoms with Gasteiger partial charge in [-0.2, -0.15) is 0 Å². The average Bonchev–Trinajstić information content (AvgIpc) is 2.48. The molecule has 0 aliphatic heterocycles. The van der Waals surface area contributed by atoms with Crippen LogP contribution in [0.25, 0.3) is 0 Å². The highest BCUT2D eigenvalue weighted by Crippen LogP contribution is 2.10. The highest BCUT2D eigenvalue weighted by Gasteiger charge is 2.21. The number of carbonyl (C=O) groups excluding carboxylic acids is 1. The number of amides is 1. The van der Waals surface area contributed by atoms with Gasteiger partial charge in [-0.25, -0.2) is 4.79 Å². The molecule has 1 aromatic rings. The molecule has 23 heavy (non-hydrogen) atoms. The zero-order valence-electron chi connectivity index (χ0n) is 14.7. The van der Waals surface area contributed by atoms with Gasteiger partial charge in [0.15, 0.2) is 0 Å². The van der Waals surface area contributed by atoms with Crippen LogP contribution in [-0.4, -0.2) is 24.0 Å². The topological polar surface area (TPSA) is 59.9 Å². The fourth-order valence-electron chi connectivity index (χ4n) is 1.82. The van der Waals surface area contributed by atoms with Gasteiger partial charge in [-0.3, -0.25) is 0 Å². The lowest BCUT2D eigenvalue weighted by Gasteiger charge is -2.24. The largest absolute Gasteiger partial charge is 0.444 e. The Bertz CT molecular complexity index is 495. The highest BCUT2D eigenvalue weighted by atomic mass is 16.6. The Labute approximate surface area is 139 Å². The van der Waals surface area contributed by atoms with Gasteiger partial charge < -0.3 is 14.9 Å². The zero-order chi connectivity index (χ0) is 17.3. The lowest BCUT2D eigenvalue weighted by molar-refractivity contribution is 0.0506. The molecule has 0 heterocycles. The quantitative estimate of drug-likeness (QED) is 0.607. The molecule has 1 amide bonds. The van der Waals surface area contributed by atoms with Crippen LogP contribution in [0.3, 0.4) is 0 Å². The summed E-state index contributed by atoms with van der Waals surface area (Å²) in [6, 6.07) is 9.58. The number of nitrogens with one attached hydrogen (secondary N) is 1. The first-order valence-electron chi connectivity index (χ1n) is 8.00. The second-order valence-electron chi connectivity index (χ2n) is 6.57. The van der Waals surface area contributed by atoms with E-state index >= 15 is 0 Å². The van der Waals surface area contributed by atoms with Crippen molar-refractivity contribution in [3.05, 3.63) is 35.9 Å². The van der Waals surface area contributed by atoms with Crippen molar-refractivity contribution in [1.29, 1.82) is 0 Å². The lowest BCUT2D eigenvalue weighted by atomic mass is 10.0. The third kappa shape index (κ3) is 8.24. The predicted molar refractivity (Wildman–Crippen MR) is 92.3 cm³/mol. The number of ether oxygens (including phenoxy) is 1. The molecule has 0 saturated heterocycles. The van der Waals surface area contributed by atoms with Crippen LogP contribution in [0.2, 0.25) is 0 Å². The number of hydrogen-bond donors (Lipinski definition) is 1. The van der Waals surface area contributed by atoms with E-state index in [1.54, 1.807) is 6.21 Å². The van der Waals surface area contributed by atoms with E-state index < -0.39 is 11.7 Å². The molecule has 2 atom stereocenters. The molecule has 0 saturated carbocycles. The van der Waals surface area contributed by atoms with Crippen molar-refractivity contribution in [1.82, 2.24) is 5.32 Å². The fraction of sp³-hybridized carbons (Fsp3) is 0.556. The maximum absolute atomic E-state index is 11.9. The molecule has 0 aromatic heterocycles. The second-order valence-corrected chi connectivity index (χ2v) is 6.57. The molecule has 0 unspecified atom stereocenters. The van der Waals surface area contributed by atoms with Crippen molar-refractivity contribution in [2.45, 2.75) is 59.3 Å². The summed E-state index contributed by atoms with van der Waals surface area (Å²) in [6.07, 6.45) is 2.09. The van der Waals surface area contributed by atoms with E-state index in [9.17, 15) is 4.79 Å². The molecular weight excluding hydrogens is 292 g/mol. The van der Waals surface area contributed by atoms with Crippen LogP contribution in [-0.2, 0) is 16.2 Å². The summed E-state index contributed by atoms with van der Waals surface area (Å²) >= 11 is 0. The van der Waals surface area contributed by atoms with Crippen LogP contribution in [0.5, 0.6) is 0 Å². The van der Waals surface area contributed by atoms with Gasteiger partial charge in [0.2, 0.25) is 0 Å². The first-order chi connectivity index (χ1) is 10.8. The first-order valence-corrected chi connectivity index (χ1v) is 8.00. The van der Waals surface area contributed by atoms with E-state index in [1.807, 2.05) is 58.0 Å². The van der Waals surface area contributed by atoms with E-state index in [1.165, 1.54) is 0 Å².